The number of carbonyl (C=O) groups is 1. The van der Waals surface area contributed by atoms with E-state index in [0.29, 0.717) is 11.3 Å². The van der Waals surface area contributed by atoms with Gasteiger partial charge >= 0.3 is 0 Å². The topological polar surface area (TPSA) is 76.4 Å². The van der Waals surface area contributed by atoms with E-state index in [0.717, 1.165) is 5.56 Å². The maximum Gasteiger partial charge on any atom is 0.222 e. The predicted octanol–water partition coefficient (Wildman–Crippen LogP) is 3.18. The van der Waals surface area contributed by atoms with E-state index in [1.54, 1.807) is 45.0 Å². The second-order valence-corrected chi connectivity index (χ2v) is 8.32. The largest absolute Gasteiger partial charge is 0.468 e. The van der Waals surface area contributed by atoms with Gasteiger partial charge in [-0.3, -0.25) is 4.79 Å². The predicted molar refractivity (Wildman–Crippen MR) is 92.4 cm³/mol. The van der Waals surface area contributed by atoms with Crippen LogP contribution >= 0.6 is 0 Å². The minimum atomic E-state index is -3.71. The monoisotopic (exact) mass is 349 g/mol. The highest BCUT2D eigenvalue weighted by Crippen LogP contribution is 2.31. The number of benzene rings is 1. The van der Waals surface area contributed by atoms with Crippen molar-refractivity contribution >= 4 is 15.7 Å². The number of nitrogens with one attached hydrogen (secondary N) is 1. The number of rotatable bonds is 6. The maximum atomic E-state index is 13.2. The van der Waals surface area contributed by atoms with Gasteiger partial charge < -0.3 is 9.73 Å². The average molecular weight is 349 g/mol. The number of amides is 1. The summed E-state index contributed by atoms with van der Waals surface area (Å²) in [6, 6.07) is 8.58. The normalized spacial score (nSPS) is 13.0. The summed E-state index contributed by atoms with van der Waals surface area (Å²) in [6.45, 7) is 7.10. The number of sulfone groups is 1. The Kier molecular flexibility index (Phi) is 5.49. The Bertz CT molecular complexity index is 808. The molecular formula is C18H23NO4S. The van der Waals surface area contributed by atoms with E-state index in [4.69, 9.17) is 4.42 Å². The molecule has 1 aromatic heterocycles. The van der Waals surface area contributed by atoms with Crippen molar-refractivity contribution in [3.05, 3.63) is 53.5 Å². The zero-order valence-corrected chi connectivity index (χ0v) is 15.2. The van der Waals surface area contributed by atoms with Gasteiger partial charge in [0, 0.05) is 12.5 Å². The summed E-state index contributed by atoms with van der Waals surface area (Å²) in [6.07, 6.45) is 1.44. The smallest absolute Gasteiger partial charge is 0.222 e. The lowest BCUT2D eigenvalue weighted by molar-refractivity contribution is -0.123. The number of hydrogen-bond donors (Lipinski definition) is 1. The molecule has 0 saturated heterocycles. The van der Waals surface area contributed by atoms with Crippen LogP contribution in [0.15, 0.2) is 45.9 Å². The van der Waals surface area contributed by atoms with Gasteiger partial charge in [0.15, 0.2) is 9.84 Å². The van der Waals surface area contributed by atoms with Crippen molar-refractivity contribution in [2.24, 2.45) is 5.92 Å². The molecule has 1 N–H and O–H groups in total. The van der Waals surface area contributed by atoms with Crippen molar-refractivity contribution < 1.29 is 17.6 Å². The molecule has 0 unspecified atom stereocenters. The summed E-state index contributed by atoms with van der Waals surface area (Å²) in [5.74, 6) is -0.0895. The molecule has 0 radical (unpaired) electrons. The summed E-state index contributed by atoms with van der Waals surface area (Å²) in [5, 5.41) is 1.74. The molecule has 0 aliphatic carbocycles. The number of carbonyl (C=O) groups excluding carboxylic acids is 1. The van der Waals surface area contributed by atoms with E-state index >= 15 is 0 Å². The first-order valence-electron chi connectivity index (χ1n) is 7.85. The van der Waals surface area contributed by atoms with Crippen LogP contribution in [0.1, 0.15) is 36.0 Å². The van der Waals surface area contributed by atoms with Crippen LogP contribution in [0.2, 0.25) is 0 Å². The molecular weight excluding hydrogens is 326 g/mol. The molecule has 24 heavy (non-hydrogen) atoms. The van der Waals surface area contributed by atoms with Crippen LogP contribution in [-0.4, -0.2) is 20.9 Å². The van der Waals surface area contributed by atoms with Crippen molar-refractivity contribution in [2.75, 3.05) is 6.54 Å². The van der Waals surface area contributed by atoms with Crippen molar-refractivity contribution in [3.63, 3.8) is 0 Å². The molecule has 2 rings (SSSR count). The molecule has 0 saturated carbocycles. The lowest BCUT2D eigenvalue weighted by Crippen LogP contribution is -2.34. The summed E-state index contributed by atoms with van der Waals surface area (Å²) < 4.78 is 31.7. The molecule has 1 atom stereocenters. The summed E-state index contributed by atoms with van der Waals surface area (Å²) >= 11 is 0. The highest BCUT2D eigenvalue weighted by atomic mass is 32.2. The van der Waals surface area contributed by atoms with E-state index in [9.17, 15) is 13.2 Å². The first-order valence-corrected chi connectivity index (χ1v) is 9.40. The van der Waals surface area contributed by atoms with E-state index in [1.165, 1.54) is 6.26 Å². The van der Waals surface area contributed by atoms with Crippen molar-refractivity contribution in [1.82, 2.24) is 5.32 Å². The SMILES string of the molecule is Cc1ccc(C)c(S(=O)(=O)[C@H](CNC(=O)C(C)C)c2ccco2)c1. The van der Waals surface area contributed by atoms with Crippen LogP contribution in [-0.2, 0) is 14.6 Å². The molecule has 0 spiro atoms. The summed E-state index contributed by atoms with van der Waals surface area (Å²) in [7, 11) is -3.71. The lowest BCUT2D eigenvalue weighted by atomic mass is 10.2. The van der Waals surface area contributed by atoms with Crippen LogP contribution in [0.3, 0.4) is 0 Å². The second-order valence-electron chi connectivity index (χ2n) is 6.22. The van der Waals surface area contributed by atoms with Crippen LogP contribution < -0.4 is 5.32 Å². The first-order chi connectivity index (χ1) is 11.2. The second kappa shape index (κ2) is 7.21. The van der Waals surface area contributed by atoms with E-state index in [1.807, 2.05) is 13.0 Å². The molecule has 0 aliphatic rings. The molecule has 6 heteroatoms. The molecule has 1 amide bonds. The van der Waals surface area contributed by atoms with Gasteiger partial charge in [-0.1, -0.05) is 26.0 Å². The minimum Gasteiger partial charge on any atom is -0.468 e. The Morgan fingerprint density at radius 3 is 2.50 bits per heavy atom. The van der Waals surface area contributed by atoms with Gasteiger partial charge in [-0.05, 0) is 43.2 Å². The molecule has 1 aromatic carbocycles. The Morgan fingerprint density at radius 1 is 1.21 bits per heavy atom. The van der Waals surface area contributed by atoms with Crippen molar-refractivity contribution in [3.8, 4) is 0 Å². The Labute approximate surface area is 143 Å². The zero-order chi connectivity index (χ0) is 17.9. The van der Waals surface area contributed by atoms with Gasteiger partial charge in [0.05, 0.1) is 11.2 Å². The summed E-state index contributed by atoms with van der Waals surface area (Å²) in [4.78, 5) is 12.1. The molecule has 5 nitrogen and oxygen atoms in total. The summed E-state index contributed by atoms with van der Waals surface area (Å²) in [5.41, 5.74) is 1.54. The first kappa shape index (κ1) is 18.3. The third-order valence-electron chi connectivity index (χ3n) is 3.87. The lowest BCUT2D eigenvalue weighted by Gasteiger charge is -2.19. The fourth-order valence-electron chi connectivity index (χ4n) is 2.40. The zero-order valence-electron chi connectivity index (χ0n) is 14.4. The van der Waals surface area contributed by atoms with Crippen molar-refractivity contribution in [1.29, 1.82) is 0 Å². The van der Waals surface area contributed by atoms with Gasteiger partial charge in [0.2, 0.25) is 5.91 Å². The van der Waals surface area contributed by atoms with Crippen LogP contribution in [0, 0.1) is 19.8 Å². The molecule has 0 fully saturated rings. The van der Waals surface area contributed by atoms with Gasteiger partial charge in [-0.2, -0.15) is 0 Å². The Morgan fingerprint density at radius 2 is 1.92 bits per heavy atom. The molecule has 130 valence electrons. The minimum absolute atomic E-state index is 0.0275. The quantitative estimate of drug-likeness (QED) is 0.869. The highest BCUT2D eigenvalue weighted by molar-refractivity contribution is 7.91. The van der Waals surface area contributed by atoms with Gasteiger partial charge in [-0.15, -0.1) is 0 Å². The van der Waals surface area contributed by atoms with Crippen LogP contribution in [0.4, 0.5) is 0 Å². The Hall–Kier alpha value is -2.08. The Balaban J connectivity index is 2.42. The average Bonchev–Trinajstić information content (AvgIpc) is 3.03. The fraction of sp³-hybridized carbons (Fsp3) is 0.389. The molecule has 0 aliphatic heterocycles. The standard InChI is InChI=1S/C18H23NO4S/c1-12(2)18(20)19-11-17(15-6-5-9-23-15)24(21,22)16-10-13(3)7-8-14(16)4/h5-10,12,17H,11H2,1-4H3,(H,19,20)/t17-/m1/s1. The van der Waals surface area contributed by atoms with Gasteiger partial charge in [0.25, 0.3) is 0 Å². The van der Waals surface area contributed by atoms with E-state index in [-0.39, 0.29) is 23.3 Å². The van der Waals surface area contributed by atoms with E-state index < -0.39 is 15.1 Å². The molecule has 1 heterocycles. The third-order valence-corrected chi connectivity index (χ3v) is 6.07. The van der Waals surface area contributed by atoms with Gasteiger partial charge in [0.1, 0.15) is 11.0 Å². The highest BCUT2D eigenvalue weighted by Gasteiger charge is 2.33. The maximum absolute atomic E-state index is 13.2. The van der Waals surface area contributed by atoms with E-state index in [2.05, 4.69) is 5.32 Å². The number of hydrogen-bond acceptors (Lipinski definition) is 4. The molecule has 0 bridgehead atoms. The van der Waals surface area contributed by atoms with Crippen molar-refractivity contribution in [2.45, 2.75) is 37.8 Å². The number of furan rings is 1. The van der Waals surface area contributed by atoms with Crippen LogP contribution in [0.5, 0.6) is 0 Å². The number of aryl methyl sites for hydroxylation is 2. The molecule has 2 aromatic rings. The fourth-order valence-corrected chi connectivity index (χ4v) is 4.32. The van der Waals surface area contributed by atoms with Crippen LogP contribution in [0.25, 0.3) is 0 Å². The third kappa shape index (κ3) is 3.87. The van der Waals surface area contributed by atoms with Gasteiger partial charge in [-0.25, -0.2) is 8.42 Å².